The third-order valence-corrected chi connectivity index (χ3v) is 3.85. The van der Waals surface area contributed by atoms with Crippen LogP contribution in [0.1, 0.15) is 78.1 Å². The van der Waals surface area contributed by atoms with E-state index in [9.17, 15) is 5.11 Å². The Labute approximate surface area is 95.3 Å². The topological polar surface area (TPSA) is 20.2 Å². The molecule has 1 fully saturated rings. The molecular weight excluding hydrogens is 184 g/mol. The summed E-state index contributed by atoms with van der Waals surface area (Å²) >= 11 is 0. The molecule has 90 valence electrons. The molecule has 0 bridgehead atoms. The van der Waals surface area contributed by atoms with Gasteiger partial charge >= 0.3 is 0 Å². The smallest absolute Gasteiger partial charge is 0.0650 e. The van der Waals surface area contributed by atoms with E-state index < -0.39 is 0 Å². The number of rotatable bonds is 6. The standard InChI is InChI=1S/C14H28O/c1-3-8-13(9-4-2)12-14(15)10-6-5-7-11-14/h13,15H,3-12H2,1-2H3. The molecule has 0 aliphatic heterocycles. The van der Waals surface area contributed by atoms with Crippen molar-refractivity contribution in [3.05, 3.63) is 0 Å². The van der Waals surface area contributed by atoms with Crippen molar-refractivity contribution in [3.63, 3.8) is 0 Å². The average molecular weight is 212 g/mol. The molecular formula is C14H28O. The molecule has 0 atom stereocenters. The first-order valence-electron chi connectivity index (χ1n) is 6.92. The fourth-order valence-corrected chi connectivity index (χ4v) is 3.12. The van der Waals surface area contributed by atoms with Crippen LogP contribution in [-0.2, 0) is 0 Å². The van der Waals surface area contributed by atoms with Crippen molar-refractivity contribution < 1.29 is 5.11 Å². The largest absolute Gasteiger partial charge is 0.390 e. The Kier molecular flexibility index (Phi) is 5.66. The molecule has 0 radical (unpaired) electrons. The average Bonchev–Trinajstić information content (AvgIpc) is 2.19. The summed E-state index contributed by atoms with van der Waals surface area (Å²) in [4.78, 5) is 0. The van der Waals surface area contributed by atoms with Crippen LogP contribution in [0.15, 0.2) is 0 Å². The molecule has 0 unspecified atom stereocenters. The van der Waals surface area contributed by atoms with Crippen LogP contribution in [0.2, 0.25) is 0 Å². The van der Waals surface area contributed by atoms with E-state index in [1.165, 1.54) is 44.9 Å². The predicted octanol–water partition coefficient (Wildman–Crippen LogP) is 4.29. The fraction of sp³-hybridized carbons (Fsp3) is 1.00. The summed E-state index contributed by atoms with van der Waals surface area (Å²) in [6.45, 7) is 4.52. The molecule has 1 aliphatic carbocycles. The molecule has 0 heterocycles. The Balaban J connectivity index is 2.39. The maximum Gasteiger partial charge on any atom is 0.0650 e. The first-order valence-corrected chi connectivity index (χ1v) is 6.92. The zero-order valence-corrected chi connectivity index (χ0v) is 10.6. The summed E-state index contributed by atoms with van der Waals surface area (Å²) in [7, 11) is 0. The van der Waals surface area contributed by atoms with Gasteiger partial charge in [0.05, 0.1) is 5.60 Å². The van der Waals surface area contributed by atoms with Crippen LogP contribution in [0.3, 0.4) is 0 Å². The van der Waals surface area contributed by atoms with Gasteiger partial charge in [0.2, 0.25) is 0 Å². The summed E-state index contributed by atoms with van der Waals surface area (Å²) in [6.07, 6.45) is 12.1. The van der Waals surface area contributed by atoms with E-state index >= 15 is 0 Å². The van der Waals surface area contributed by atoms with E-state index in [1.54, 1.807) is 0 Å². The SMILES string of the molecule is CCCC(CCC)CC1(O)CCCCC1. The Morgan fingerprint density at radius 1 is 1.00 bits per heavy atom. The molecule has 1 N–H and O–H groups in total. The highest BCUT2D eigenvalue weighted by Crippen LogP contribution is 2.35. The normalized spacial score (nSPS) is 20.8. The summed E-state index contributed by atoms with van der Waals surface area (Å²) in [6, 6.07) is 0. The van der Waals surface area contributed by atoms with E-state index in [-0.39, 0.29) is 5.60 Å². The van der Waals surface area contributed by atoms with Crippen molar-refractivity contribution in [2.24, 2.45) is 5.92 Å². The van der Waals surface area contributed by atoms with Gasteiger partial charge in [0.25, 0.3) is 0 Å². The Bertz CT molecular complexity index is 153. The molecule has 0 amide bonds. The molecule has 0 aromatic rings. The van der Waals surface area contributed by atoms with Crippen molar-refractivity contribution in [3.8, 4) is 0 Å². The second-order valence-corrected chi connectivity index (χ2v) is 5.43. The van der Waals surface area contributed by atoms with Gasteiger partial charge in [-0.05, 0) is 25.2 Å². The molecule has 1 nitrogen and oxygen atoms in total. The molecule has 15 heavy (non-hydrogen) atoms. The van der Waals surface area contributed by atoms with Crippen LogP contribution in [-0.4, -0.2) is 10.7 Å². The molecule has 1 saturated carbocycles. The van der Waals surface area contributed by atoms with E-state index in [0.717, 1.165) is 25.2 Å². The van der Waals surface area contributed by atoms with Crippen molar-refractivity contribution in [2.45, 2.75) is 83.7 Å². The lowest BCUT2D eigenvalue weighted by Gasteiger charge is -2.35. The van der Waals surface area contributed by atoms with Gasteiger partial charge in [-0.1, -0.05) is 58.8 Å². The minimum absolute atomic E-state index is 0.298. The Morgan fingerprint density at radius 3 is 2.00 bits per heavy atom. The van der Waals surface area contributed by atoms with E-state index in [0.29, 0.717) is 0 Å². The fourth-order valence-electron chi connectivity index (χ4n) is 3.12. The first kappa shape index (κ1) is 13.0. The lowest BCUT2D eigenvalue weighted by atomic mass is 9.76. The first-order chi connectivity index (χ1) is 7.20. The second-order valence-electron chi connectivity index (χ2n) is 5.43. The van der Waals surface area contributed by atoms with E-state index in [1.807, 2.05) is 0 Å². The summed E-state index contributed by atoms with van der Waals surface area (Å²) < 4.78 is 0. The van der Waals surface area contributed by atoms with Gasteiger partial charge in [0.1, 0.15) is 0 Å². The minimum Gasteiger partial charge on any atom is -0.390 e. The van der Waals surface area contributed by atoms with Gasteiger partial charge in [-0.25, -0.2) is 0 Å². The molecule has 0 aromatic heterocycles. The molecule has 1 rings (SSSR count). The van der Waals surface area contributed by atoms with Crippen LogP contribution in [0, 0.1) is 5.92 Å². The van der Waals surface area contributed by atoms with Gasteiger partial charge in [-0.3, -0.25) is 0 Å². The Hall–Kier alpha value is -0.0400. The second kappa shape index (κ2) is 6.52. The van der Waals surface area contributed by atoms with Crippen LogP contribution in [0.4, 0.5) is 0 Å². The van der Waals surface area contributed by atoms with Crippen LogP contribution in [0.5, 0.6) is 0 Å². The van der Waals surface area contributed by atoms with Crippen molar-refractivity contribution in [2.75, 3.05) is 0 Å². The summed E-state index contributed by atoms with van der Waals surface area (Å²) in [5.74, 6) is 0.767. The third-order valence-electron chi connectivity index (χ3n) is 3.85. The van der Waals surface area contributed by atoms with E-state index in [2.05, 4.69) is 13.8 Å². The molecule has 1 heteroatoms. The van der Waals surface area contributed by atoms with Crippen LogP contribution >= 0.6 is 0 Å². The van der Waals surface area contributed by atoms with Gasteiger partial charge in [-0.15, -0.1) is 0 Å². The van der Waals surface area contributed by atoms with Gasteiger partial charge in [-0.2, -0.15) is 0 Å². The number of hydrogen-bond donors (Lipinski definition) is 1. The molecule has 0 spiro atoms. The highest BCUT2D eigenvalue weighted by molar-refractivity contribution is 4.84. The van der Waals surface area contributed by atoms with Crippen molar-refractivity contribution >= 4 is 0 Å². The monoisotopic (exact) mass is 212 g/mol. The lowest BCUT2D eigenvalue weighted by Crippen LogP contribution is -2.33. The molecule has 0 saturated heterocycles. The highest BCUT2D eigenvalue weighted by Gasteiger charge is 2.31. The summed E-state index contributed by atoms with van der Waals surface area (Å²) in [5.41, 5.74) is -0.298. The van der Waals surface area contributed by atoms with Crippen LogP contribution in [0.25, 0.3) is 0 Å². The maximum absolute atomic E-state index is 10.5. The zero-order chi connectivity index (χ0) is 11.1. The van der Waals surface area contributed by atoms with Gasteiger partial charge in [0.15, 0.2) is 0 Å². The van der Waals surface area contributed by atoms with Crippen molar-refractivity contribution in [1.82, 2.24) is 0 Å². The number of hydrogen-bond acceptors (Lipinski definition) is 1. The molecule has 1 aliphatic rings. The van der Waals surface area contributed by atoms with Crippen molar-refractivity contribution in [1.29, 1.82) is 0 Å². The predicted molar refractivity (Wildman–Crippen MR) is 66.0 cm³/mol. The quantitative estimate of drug-likeness (QED) is 0.696. The summed E-state index contributed by atoms with van der Waals surface area (Å²) in [5, 5.41) is 10.5. The van der Waals surface area contributed by atoms with Crippen LogP contribution < -0.4 is 0 Å². The lowest BCUT2D eigenvalue weighted by molar-refractivity contribution is -0.0197. The van der Waals surface area contributed by atoms with Gasteiger partial charge in [0, 0.05) is 0 Å². The van der Waals surface area contributed by atoms with E-state index in [4.69, 9.17) is 0 Å². The highest BCUT2D eigenvalue weighted by atomic mass is 16.3. The maximum atomic E-state index is 10.5. The third kappa shape index (κ3) is 4.55. The number of aliphatic hydroxyl groups is 1. The van der Waals surface area contributed by atoms with Gasteiger partial charge < -0.3 is 5.11 Å². The zero-order valence-electron chi connectivity index (χ0n) is 10.6. The minimum atomic E-state index is -0.298. The molecule has 0 aromatic carbocycles. The Morgan fingerprint density at radius 2 is 1.53 bits per heavy atom.